The normalized spacial score (nSPS) is 15.7. The molecule has 1 aliphatic heterocycles. The molecule has 0 aliphatic carbocycles. The Labute approximate surface area is 164 Å². The number of rotatable bonds is 6. The van der Waals surface area contributed by atoms with Crippen LogP contribution >= 0.6 is 15.9 Å². The van der Waals surface area contributed by atoms with E-state index in [1.165, 1.54) is 37.2 Å². The highest BCUT2D eigenvalue weighted by Gasteiger charge is 2.27. The smallest absolute Gasteiger partial charge is 0.251 e. The Morgan fingerprint density at radius 2 is 1.69 bits per heavy atom. The summed E-state index contributed by atoms with van der Waals surface area (Å²) in [4.78, 5) is 16.2. The summed E-state index contributed by atoms with van der Waals surface area (Å²) in [5.74, 6) is -0.00833. The Morgan fingerprint density at radius 3 is 2.27 bits per heavy atom. The van der Waals surface area contributed by atoms with Gasteiger partial charge in [-0.1, -0.05) is 28.1 Å². The number of benzene rings is 2. The minimum absolute atomic E-state index is 0.00833. The van der Waals surface area contributed by atoms with Gasteiger partial charge in [0.15, 0.2) is 0 Å². The number of anilines is 1. The van der Waals surface area contributed by atoms with E-state index < -0.39 is 0 Å². The number of carbonyl (C=O) groups excluding carboxylic acids is 1. The minimum atomic E-state index is -0.00833. The molecule has 1 saturated heterocycles. The zero-order valence-corrected chi connectivity index (χ0v) is 17.1. The van der Waals surface area contributed by atoms with Gasteiger partial charge in [-0.15, -0.1) is 0 Å². The lowest BCUT2D eigenvalue weighted by Crippen LogP contribution is -3.11. The Bertz CT molecular complexity index is 722. The van der Waals surface area contributed by atoms with Crippen molar-refractivity contribution in [3.63, 3.8) is 0 Å². The second-order valence-electron chi connectivity index (χ2n) is 7.12. The van der Waals surface area contributed by atoms with Crippen LogP contribution in [0.1, 0.15) is 34.8 Å². The maximum atomic E-state index is 12.5. The average Bonchev–Trinajstić information content (AvgIpc) is 3.17. The van der Waals surface area contributed by atoms with E-state index in [1.807, 2.05) is 24.3 Å². The molecular weight excluding hydrogens is 390 g/mol. The van der Waals surface area contributed by atoms with Crippen molar-refractivity contribution in [3.8, 4) is 0 Å². The van der Waals surface area contributed by atoms with Gasteiger partial charge in [0.1, 0.15) is 6.04 Å². The molecule has 1 amide bonds. The number of hydrogen-bond donors (Lipinski definition) is 2. The Hall–Kier alpha value is -1.85. The zero-order valence-electron chi connectivity index (χ0n) is 15.5. The summed E-state index contributed by atoms with van der Waals surface area (Å²) in [6.45, 7) is 3.01. The topological polar surface area (TPSA) is 36.8 Å². The number of hydrogen-bond acceptors (Lipinski definition) is 2. The fourth-order valence-electron chi connectivity index (χ4n) is 3.58. The third kappa shape index (κ3) is 4.65. The lowest BCUT2D eigenvalue weighted by atomic mass is 10.0. The first-order chi connectivity index (χ1) is 12.5. The summed E-state index contributed by atoms with van der Waals surface area (Å²) >= 11 is 3.41. The van der Waals surface area contributed by atoms with E-state index >= 15 is 0 Å². The number of nitrogens with one attached hydrogen (secondary N) is 2. The van der Waals surface area contributed by atoms with E-state index in [0.717, 1.165) is 4.47 Å². The van der Waals surface area contributed by atoms with Crippen LogP contribution in [-0.2, 0) is 0 Å². The lowest BCUT2D eigenvalue weighted by Gasteiger charge is -2.26. The second-order valence-corrected chi connectivity index (χ2v) is 8.04. The van der Waals surface area contributed by atoms with Crippen molar-refractivity contribution < 1.29 is 9.69 Å². The maximum Gasteiger partial charge on any atom is 0.251 e. The third-order valence-electron chi connectivity index (χ3n) is 5.12. The predicted molar refractivity (Wildman–Crippen MR) is 110 cm³/mol. The molecule has 4 nitrogen and oxygen atoms in total. The van der Waals surface area contributed by atoms with Crippen LogP contribution < -0.4 is 15.1 Å². The predicted octanol–water partition coefficient (Wildman–Crippen LogP) is 2.66. The van der Waals surface area contributed by atoms with Crippen LogP contribution in [0.2, 0.25) is 0 Å². The summed E-state index contributed by atoms with van der Waals surface area (Å²) in [5.41, 5.74) is 3.19. The second kappa shape index (κ2) is 8.69. The molecule has 0 radical (unpaired) electrons. The molecule has 2 aromatic rings. The molecule has 2 N–H and O–H groups in total. The van der Waals surface area contributed by atoms with Gasteiger partial charge in [0.25, 0.3) is 5.91 Å². The molecule has 5 heteroatoms. The Morgan fingerprint density at radius 1 is 1.08 bits per heavy atom. The highest BCUT2D eigenvalue weighted by atomic mass is 79.9. The van der Waals surface area contributed by atoms with E-state index in [1.54, 1.807) is 4.90 Å². The van der Waals surface area contributed by atoms with Crippen molar-refractivity contribution in [3.05, 3.63) is 64.1 Å². The molecule has 1 fully saturated rings. The largest absolute Gasteiger partial charge is 0.378 e. The van der Waals surface area contributed by atoms with Gasteiger partial charge < -0.3 is 15.1 Å². The number of likely N-dealkylation sites (tertiary alicyclic amines) is 1. The van der Waals surface area contributed by atoms with E-state index in [4.69, 9.17) is 0 Å². The molecule has 26 heavy (non-hydrogen) atoms. The van der Waals surface area contributed by atoms with Crippen LogP contribution in [0, 0.1) is 0 Å². The van der Waals surface area contributed by atoms with Crippen molar-refractivity contribution in [1.82, 2.24) is 5.32 Å². The van der Waals surface area contributed by atoms with Gasteiger partial charge in [-0.05, 0) is 36.4 Å². The van der Waals surface area contributed by atoms with Gasteiger partial charge in [-0.2, -0.15) is 0 Å². The Balaban J connectivity index is 1.72. The van der Waals surface area contributed by atoms with Crippen LogP contribution in [0.4, 0.5) is 5.69 Å². The molecule has 0 aromatic heterocycles. The number of amides is 1. The molecule has 0 saturated carbocycles. The molecular formula is C21H27BrN3O+. The van der Waals surface area contributed by atoms with Gasteiger partial charge in [0.2, 0.25) is 0 Å². The fourth-order valence-corrected chi connectivity index (χ4v) is 3.84. The molecule has 1 aliphatic rings. The van der Waals surface area contributed by atoms with Crippen molar-refractivity contribution in [2.24, 2.45) is 0 Å². The van der Waals surface area contributed by atoms with Crippen LogP contribution in [0.25, 0.3) is 0 Å². The molecule has 1 heterocycles. The summed E-state index contributed by atoms with van der Waals surface area (Å²) < 4.78 is 0.981. The van der Waals surface area contributed by atoms with Crippen molar-refractivity contribution in [2.45, 2.75) is 18.9 Å². The third-order valence-corrected chi connectivity index (χ3v) is 5.65. The molecule has 0 bridgehead atoms. The molecule has 2 aromatic carbocycles. The SMILES string of the molecule is CN(C)c1ccc([C@@H](CNC(=O)c2ccc(Br)cc2)[NH+]2CCCC2)cc1. The highest BCUT2D eigenvalue weighted by Crippen LogP contribution is 2.17. The van der Waals surface area contributed by atoms with E-state index in [2.05, 4.69) is 64.5 Å². The van der Waals surface area contributed by atoms with Gasteiger partial charge in [-0.25, -0.2) is 0 Å². The first-order valence-corrected chi connectivity index (χ1v) is 9.99. The van der Waals surface area contributed by atoms with Crippen molar-refractivity contribution >= 4 is 27.5 Å². The summed E-state index contributed by atoms with van der Waals surface area (Å²) in [6.07, 6.45) is 2.53. The monoisotopic (exact) mass is 416 g/mol. The van der Waals surface area contributed by atoms with Gasteiger partial charge in [0.05, 0.1) is 19.6 Å². The lowest BCUT2D eigenvalue weighted by molar-refractivity contribution is -0.918. The van der Waals surface area contributed by atoms with E-state index in [9.17, 15) is 4.79 Å². The van der Waals surface area contributed by atoms with Crippen molar-refractivity contribution in [2.75, 3.05) is 38.6 Å². The van der Waals surface area contributed by atoms with Gasteiger partial charge >= 0.3 is 0 Å². The Kier molecular flexibility index (Phi) is 6.33. The summed E-state index contributed by atoms with van der Waals surface area (Å²) in [7, 11) is 4.10. The van der Waals surface area contributed by atoms with Crippen LogP contribution in [-0.4, -0.2) is 39.6 Å². The molecule has 138 valence electrons. The minimum Gasteiger partial charge on any atom is -0.378 e. The van der Waals surface area contributed by atoms with Crippen LogP contribution in [0.15, 0.2) is 53.0 Å². The number of quaternary nitrogens is 1. The maximum absolute atomic E-state index is 12.5. The fraction of sp³-hybridized carbons (Fsp3) is 0.381. The molecule has 3 rings (SSSR count). The molecule has 1 atom stereocenters. The quantitative estimate of drug-likeness (QED) is 0.759. The van der Waals surface area contributed by atoms with E-state index in [-0.39, 0.29) is 5.91 Å². The summed E-state index contributed by atoms with van der Waals surface area (Å²) in [6, 6.07) is 16.5. The van der Waals surface area contributed by atoms with Crippen LogP contribution in [0.5, 0.6) is 0 Å². The van der Waals surface area contributed by atoms with Gasteiger partial charge in [0, 0.05) is 48.2 Å². The van der Waals surface area contributed by atoms with Crippen molar-refractivity contribution in [1.29, 1.82) is 0 Å². The standard InChI is InChI=1S/C21H26BrN3O/c1-24(2)19-11-7-16(8-12-19)20(25-13-3-4-14-25)15-23-21(26)17-5-9-18(22)10-6-17/h5-12,20H,3-4,13-15H2,1-2H3,(H,23,26)/p+1/t20-/m1/s1. The highest BCUT2D eigenvalue weighted by molar-refractivity contribution is 9.10. The summed E-state index contributed by atoms with van der Waals surface area (Å²) in [5, 5.41) is 3.15. The number of halogens is 1. The molecule has 0 spiro atoms. The van der Waals surface area contributed by atoms with Gasteiger partial charge in [-0.3, -0.25) is 4.79 Å². The first kappa shape index (κ1) is 18.9. The van der Waals surface area contributed by atoms with Crippen LogP contribution in [0.3, 0.4) is 0 Å². The number of nitrogens with zero attached hydrogens (tertiary/aromatic N) is 1. The zero-order chi connectivity index (χ0) is 18.5. The van der Waals surface area contributed by atoms with E-state index in [0.29, 0.717) is 18.2 Å². The molecule has 0 unspecified atom stereocenters. The first-order valence-electron chi connectivity index (χ1n) is 9.20. The number of carbonyl (C=O) groups is 1. The average molecular weight is 417 g/mol.